The minimum atomic E-state index is -0.855. The Morgan fingerprint density at radius 1 is 0.839 bits per heavy atom. The highest BCUT2D eigenvalue weighted by Gasteiger charge is 2.25. The zero-order chi connectivity index (χ0) is 21.8. The molecule has 0 aliphatic carbocycles. The Balaban J connectivity index is 1.75. The van der Waals surface area contributed by atoms with E-state index in [-0.39, 0.29) is 12.3 Å². The molecule has 5 nitrogen and oxygen atoms in total. The first-order valence-corrected chi connectivity index (χ1v) is 10.0. The van der Waals surface area contributed by atoms with E-state index in [2.05, 4.69) is 11.4 Å². The lowest BCUT2D eigenvalue weighted by atomic mass is 9.95. The molecule has 1 atom stereocenters. The standard InChI is InChI=1S/C26H23NO4/c1-30-23-14-8-5-11-19(23)16-22(26(29)31-2)27-25(28)24-20-12-6-3-9-17(20)15-18-10-4-7-13-21(18)24/h3-15,22H,16H2,1-2H3,(H,27,28)/t22-/m0/s1. The molecule has 4 aromatic carbocycles. The lowest BCUT2D eigenvalue weighted by Gasteiger charge is -2.19. The molecule has 0 bridgehead atoms. The summed E-state index contributed by atoms with van der Waals surface area (Å²) in [5.41, 5.74) is 1.35. The lowest BCUT2D eigenvalue weighted by molar-refractivity contribution is -0.142. The van der Waals surface area contributed by atoms with Gasteiger partial charge in [-0.2, -0.15) is 0 Å². The fourth-order valence-corrected chi connectivity index (χ4v) is 3.92. The van der Waals surface area contributed by atoms with Crippen LogP contribution in [-0.2, 0) is 16.0 Å². The maximum absolute atomic E-state index is 13.5. The number of hydrogen-bond acceptors (Lipinski definition) is 4. The van der Waals surface area contributed by atoms with Crippen molar-refractivity contribution in [2.45, 2.75) is 12.5 Å². The van der Waals surface area contributed by atoms with Gasteiger partial charge in [-0.15, -0.1) is 0 Å². The summed E-state index contributed by atoms with van der Waals surface area (Å²) in [6.45, 7) is 0. The molecule has 0 aliphatic rings. The first-order valence-electron chi connectivity index (χ1n) is 10.0. The predicted molar refractivity (Wildman–Crippen MR) is 121 cm³/mol. The average molecular weight is 413 g/mol. The third-order valence-electron chi connectivity index (χ3n) is 5.41. The summed E-state index contributed by atoms with van der Waals surface area (Å²) >= 11 is 0. The zero-order valence-corrected chi connectivity index (χ0v) is 17.4. The van der Waals surface area contributed by atoms with E-state index < -0.39 is 12.0 Å². The van der Waals surface area contributed by atoms with Crippen molar-refractivity contribution in [1.29, 1.82) is 0 Å². The average Bonchev–Trinajstić information content (AvgIpc) is 2.81. The summed E-state index contributed by atoms with van der Waals surface area (Å²) in [4.78, 5) is 26.0. The van der Waals surface area contributed by atoms with Gasteiger partial charge in [0.05, 0.1) is 19.8 Å². The minimum Gasteiger partial charge on any atom is -0.496 e. The van der Waals surface area contributed by atoms with Crippen LogP contribution in [0, 0.1) is 0 Å². The number of ether oxygens (including phenoxy) is 2. The van der Waals surface area contributed by atoms with E-state index in [1.54, 1.807) is 7.11 Å². The van der Waals surface area contributed by atoms with Crippen LogP contribution in [-0.4, -0.2) is 32.1 Å². The van der Waals surface area contributed by atoms with Crippen LogP contribution >= 0.6 is 0 Å². The first-order chi connectivity index (χ1) is 15.1. The summed E-state index contributed by atoms with van der Waals surface area (Å²) in [7, 11) is 2.89. The molecule has 1 amide bonds. The topological polar surface area (TPSA) is 64.6 Å². The maximum atomic E-state index is 13.5. The van der Waals surface area contributed by atoms with E-state index in [1.807, 2.05) is 72.8 Å². The number of hydrogen-bond donors (Lipinski definition) is 1. The van der Waals surface area contributed by atoms with Gasteiger partial charge >= 0.3 is 5.97 Å². The van der Waals surface area contributed by atoms with Gasteiger partial charge in [-0.1, -0.05) is 66.7 Å². The van der Waals surface area contributed by atoms with E-state index in [1.165, 1.54) is 7.11 Å². The number of amides is 1. The summed E-state index contributed by atoms with van der Waals surface area (Å²) in [6.07, 6.45) is 0.255. The van der Waals surface area contributed by atoms with Crippen molar-refractivity contribution in [3.63, 3.8) is 0 Å². The molecule has 4 rings (SSSR count). The number of rotatable bonds is 6. The molecule has 0 saturated heterocycles. The summed E-state index contributed by atoms with van der Waals surface area (Å²) in [6, 6.07) is 24.1. The van der Waals surface area contributed by atoms with Gasteiger partial charge in [-0.3, -0.25) is 4.79 Å². The van der Waals surface area contributed by atoms with E-state index >= 15 is 0 Å². The largest absolute Gasteiger partial charge is 0.496 e. The third-order valence-corrected chi connectivity index (χ3v) is 5.41. The van der Waals surface area contributed by atoms with Crippen LogP contribution in [0.5, 0.6) is 5.75 Å². The Kier molecular flexibility index (Phi) is 5.85. The fourth-order valence-electron chi connectivity index (χ4n) is 3.92. The Bertz CT molecular complexity index is 1210. The van der Waals surface area contributed by atoms with Gasteiger partial charge in [0, 0.05) is 6.42 Å². The Morgan fingerprint density at radius 3 is 2.03 bits per heavy atom. The number of nitrogens with one attached hydrogen (secondary N) is 1. The highest BCUT2D eigenvalue weighted by Crippen LogP contribution is 2.29. The minimum absolute atomic E-state index is 0.255. The van der Waals surface area contributed by atoms with Crippen molar-refractivity contribution in [1.82, 2.24) is 5.32 Å². The van der Waals surface area contributed by atoms with Crippen LogP contribution in [0.3, 0.4) is 0 Å². The molecule has 0 aliphatic heterocycles. The van der Waals surface area contributed by atoms with E-state index in [0.717, 1.165) is 27.1 Å². The van der Waals surface area contributed by atoms with E-state index in [9.17, 15) is 9.59 Å². The van der Waals surface area contributed by atoms with Crippen LogP contribution in [0.25, 0.3) is 21.5 Å². The third kappa shape index (κ3) is 4.08. The fraction of sp³-hybridized carbons (Fsp3) is 0.154. The van der Waals surface area contributed by atoms with Crippen LogP contribution in [0.4, 0.5) is 0 Å². The number of methoxy groups -OCH3 is 2. The van der Waals surface area contributed by atoms with Crippen molar-refractivity contribution in [3.05, 3.63) is 90.0 Å². The molecule has 5 heteroatoms. The van der Waals surface area contributed by atoms with Gasteiger partial charge in [-0.25, -0.2) is 4.79 Å². The van der Waals surface area contributed by atoms with Gasteiger partial charge < -0.3 is 14.8 Å². The molecule has 0 radical (unpaired) electrons. The second-order valence-electron chi connectivity index (χ2n) is 7.26. The highest BCUT2D eigenvalue weighted by molar-refractivity contribution is 6.18. The van der Waals surface area contributed by atoms with Gasteiger partial charge in [-0.05, 0) is 39.2 Å². The van der Waals surface area contributed by atoms with Gasteiger partial charge in [0.2, 0.25) is 0 Å². The molecule has 1 N–H and O–H groups in total. The SMILES string of the molecule is COC(=O)[C@H](Cc1ccccc1OC)NC(=O)c1c2ccccc2cc2ccccc12. The second kappa shape index (κ2) is 8.88. The molecule has 0 aromatic heterocycles. The Labute approximate surface area is 180 Å². The number of fused-ring (bicyclic) bond motifs is 2. The summed E-state index contributed by atoms with van der Waals surface area (Å²) < 4.78 is 10.4. The van der Waals surface area contributed by atoms with Gasteiger partial charge in [0.25, 0.3) is 5.91 Å². The number of benzene rings is 4. The van der Waals surface area contributed by atoms with Crippen molar-refractivity contribution in [2.75, 3.05) is 14.2 Å². The monoisotopic (exact) mass is 413 g/mol. The van der Waals surface area contributed by atoms with Crippen molar-refractivity contribution >= 4 is 33.4 Å². The molecule has 0 spiro atoms. The van der Waals surface area contributed by atoms with Crippen LogP contribution in [0.2, 0.25) is 0 Å². The number of esters is 1. The molecule has 4 aromatic rings. The number of carbonyl (C=O) groups excluding carboxylic acids is 2. The van der Waals surface area contributed by atoms with Gasteiger partial charge in [0.1, 0.15) is 11.8 Å². The number of carbonyl (C=O) groups is 2. The molecule has 31 heavy (non-hydrogen) atoms. The molecular weight excluding hydrogens is 390 g/mol. The maximum Gasteiger partial charge on any atom is 0.328 e. The van der Waals surface area contributed by atoms with Crippen molar-refractivity contribution in [3.8, 4) is 5.75 Å². The van der Waals surface area contributed by atoms with E-state index in [4.69, 9.17) is 9.47 Å². The van der Waals surface area contributed by atoms with Gasteiger partial charge in [0.15, 0.2) is 0 Å². The quantitative estimate of drug-likeness (QED) is 0.373. The summed E-state index contributed by atoms with van der Waals surface area (Å²) in [5.74, 6) is -0.177. The molecule has 0 heterocycles. The summed E-state index contributed by atoms with van der Waals surface area (Å²) in [5, 5.41) is 6.49. The smallest absolute Gasteiger partial charge is 0.328 e. The predicted octanol–water partition coefficient (Wildman–Crippen LogP) is 4.52. The first kappa shape index (κ1) is 20.4. The Morgan fingerprint density at radius 2 is 1.42 bits per heavy atom. The molecule has 156 valence electrons. The van der Waals surface area contributed by atoms with Crippen molar-refractivity contribution in [2.24, 2.45) is 0 Å². The van der Waals surface area contributed by atoms with Crippen molar-refractivity contribution < 1.29 is 19.1 Å². The Hall–Kier alpha value is -3.86. The number of para-hydroxylation sites is 1. The molecule has 0 unspecified atom stereocenters. The van der Waals surface area contributed by atoms with Crippen LogP contribution in [0.1, 0.15) is 15.9 Å². The highest BCUT2D eigenvalue weighted by atomic mass is 16.5. The lowest BCUT2D eigenvalue weighted by Crippen LogP contribution is -2.43. The van der Waals surface area contributed by atoms with Crippen LogP contribution in [0.15, 0.2) is 78.9 Å². The van der Waals surface area contributed by atoms with Crippen LogP contribution < -0.4 is 10.1 Å². The molecule has 0 fully saturated rings. The normalized spacial score (nSPS) is 11.8. The van der Waals surface area contributed by atoms with E-state index in [0.29, 0.717) is 11.3 Å². The molecule has 0 saturated carbocycles. The zero-order valence-electron chi connectivity index (χ0n) is 17.4. The second-order valence-corrected chi connectivity index (χ2v) is 7.26. The molecular formula is C26H23NO4.